The second kappa shape index (κ2) is 5.83. The van der Waals surface area contributed by atoms with E-state index in [1.54, 1.807) is 14.2 Å². The van der Waals surface area contributed by atoms with Crippen molar-refractivity contribution in [2.75, 3.05) is 27.3 Å². The number of rotatable bonds is 4. The molecule has 0 bridgehead atoms. The summed E-state index contributed by atoms with van der Waals surface area (Å²) in [7, 11) is 3.49. The van der Waals surface area contributed by atoms with Gasteiger partial charge in [-0.3, -0.25) is 0 Å². The molecule has 0 atom stereocenters. The number of methoxy groups -OCH3 is 2. The molecule has 1 fully saturated rings. The van der Waals surface area contributed by atoms with Gasteiger partial charge in [-0.05, 0) is 57.0 Å². The number of benzene rings is 1. The minimum absolute atomic E-state index is 0.220. The molecule has 1 N–H and O–H groups in total. The van der Waals surface area contributed by atoms with Gasteiger partial charge in [-0.15, -0.1) is 0 Å². The van der Waals surface area contributed by atoms with E-state index in [9.17, 15) is 0 Å². The molecule has 1 heterocycles. The lowest BCUT2D eigenvalue weighted by molar-refractivity contribution is 0.283. The Morgan fingerprint density at radius 1 is 1.11 bits per heavy atom. The molecule has 1 saturated heterocycles. The predicted octanol–water partition coefficient (Wildman–Crippen LogP) is 3.04. The van der Waals surface area contributed by atoms with E-state index in [4.69, 9.17) is 9.47 Å². The Morgan fingerprint density at radius 3 is 2.26 bits per heavy atom. The Hall–Kier alpha value is -1.22. The first-order valence-electron chi connectivity index (χ1n) is 7.10. The van der Waals surface area contributed by atoms with Crippen molar-refractivity contribution in [1.82, 2.24) is 5.32 Å². The lowest BCUT2D eigenvalue weighted by atomic mass is 9.70. The number of ether oxygens (including phenoxy) is 2. The fourth-order valence-corrected chi connectivity index (χ4v) is 3.18. The van der Waals surface area contributed by atoms with E-state index in [1.807, 2.05) is 0 Å². The van der Waals surface area contributed by atoms with Crippen LogP contribution in [0.1, 0.15) is 37.3 Å². The lowest BCUT2D eigenvalue weighted by Crippen LogP contribution is -2.39. The van der Waals surface area contributed by atoms with Gasteiger partial charge in [0.15, 0.2) is 0 Å². The van der Waals surface area contributed by atoms with Gasteiger partial charge in [0.05, 0.1) is 14.2 Å². The van der Waals surface area contributed by atoms with Gasteiger partial charge < -0.3 is 14.8 Å². The molecule has 106 valence electrons. The predicted molar refractivity (Wildman–Crippen MR) is 78.4 cm³/mol. The van der Waals surface area contributed by atoms with E-state index < -0.39 is 0 Å². The van der Waals surface area contributed by atoms with E-state index >= 15 is 0 Å². The van der Waals surface area contributed by atoms with Gasteiger partial charge in [-0.1, -0.05) is 6.92 Å². The minimum Gasteiger partial charge on any atom is -0.496 e. The maximum Gasteiger partial charge on any atom is 0.123 e. The highest BCUT2D eigenvalue weighted by atomic mass is 16.5. The fraction of sp³-hybridized carbons (Fsp3) is 0.625. The van der Waals surface area contributed by atoms with Gasteiger partial charge in [0, 0.05) is 11.0 Å². The SMILES string of the molecule is CCC1(c2cc(OC)c(C)cc2OC)CCNCC1. The number of hydrogen-bond acceptors (Lipinski definition) is 3. The molecule has 0 amide bonds. The van der Waals surface area contributed by atoms with Crippen molar-refractivity contribution in [3.63, 3.8) is 0 Å². The van der Waals surface area contributed by atoms with Crippen LogP contribution in [0.2, 0.25) is 0 Å². The number of hydrogen-bond donors (Lipinski definition) is 1. The molecule has 0 unspecified atom stereocenters. The van der Waals surface area contributed by atoms with Crippen molar-refractivity contribution in [2.24, 2.45) is 0 Å². The fourth-order valence-electron chi connectivity index (χ4n) is 3.18. The first-order valence-corrected chi connectivity index (χ1v) is 7.10. The summed E-state index contributed by atoms with van der Waals surface area (Å²) in [6, 6.07) is 4.29. The Kier molecular flexibility index (Phi) is 4.35. The maximum absolute atomic E-state index is 5.63. The molecule has 2 rings (SSSR count). The highest BCUT2D eigenvalue weighted by Gasteiger charge is 2.35. The Balaban J connectivity index is 2.51. The molecule has 3 nitrogen and oxygen atoms in total. The summed E-state index contributed by atoms with van der Waals surface area (Å²) < 4.78 is 11.1. The topological polar surface area (TPSA) is 30.5 Å². The quantitative estimate of drug-likeness (QED) is 0.905. The van der Waals surface area contributed by atoms with Gasteiger partial charge in [-0.2, -0.15) is 0 Å². The molecule has 1 aromatic rings. The van der Waals surface area contributed by atoms with Gasteiger partial charge in [0.25, 0.3) is 0 Å². The van der Waals surface area contributed by atoms with Crippen LogP contribution >= 0.6 is 0 Å². The van der Waals surface area contributed by atoms with E-state index in [-0.39, 0.29) is 5.41 Å². The highest BCUT2D eigenvalue weighted by Crippen LogP contribution is 2.43. The average molecular weight is 263 g/mol. The lowest BCUT2D eigenvalue weighted by Gasteiger charge is -2.38. The molecular formula is C16H25NO2. The van der Waals surface area contributed by atoms with Crippen LogP contribution in [-0.4, -0.2) is 27.3 Å². The molecule has 0 aromatic heterocycles. The monoisotopic (exact) mass is 263 g/mol. The summed E-state index contributed by atoms with van der Waals surface area (Å²) in [5, 5.41) is 3.45. The van der Waals surface area contributed by atoms with Gasteiger partial charge in [-0.25, -0.2) is 0 Å². The molecule has 1 aliphatic rings. The third kappa shape index (κ3) is 2.57. The Morgan fingerprint density at radius 2 is 1.74 bits per heavy atom. The van der Waals surface area contributed by atoms with Crippen molar-refractivity contribution < 1.29 is 9.47 Å². The van der Waals surface area contributed by atoms with Gasteiger partial charge in [0.2, 0.25) is 0 Å². The first-order chi connectivity index (χ1) is 9.16. The molecule has 3 heteroatoms. The van der Waals surface area contributed by atoms with Crippen LogP contribution in [0, 0.1) is 6.92 Å². The van der Waals surface area contributed by atoms with E-state index in [1.165, 1.54) is 5.56 Å². The van der Waals surface area contributed by atoms with Crippen molar-refractivity contribution in [3.8, 4) is 11.5 Å². The van der Waals surface area contributed by atoms with Gasteiger partial charge in [0.1, 0.15) is 11.5 Å². The average Bonchev–Trinajstić information content (AvgIpc) is 2.47. The standard InChI is InChI=1S/C16H25NO2/c1-5-16(6-8-17-9-7-16)13-11-14(18-3)12(2)10-15(13)19-4/h10-11,17H,5-9H2,1-4H3. The molecule has 0 radical (unpaired) electrons. The molecular weight excluding hydrogens is 238 g/mol. The first kappa shape index (κ1) is 14.2. The van der Waals surface area contributed by atoms with Crippen LogP contribution in [0.5, 0.6) is 11.5 Å². The minimum atomic E-state index is 0.220. The van der Waals surface area contributed by atoms with Crippen molar-refractivity contribution in [1.29, 1.82) is 0 Å². The summed E-state index contributed by atoms with van der Waals surface area (Å²) in [5.74, 6) is 1.96. The van der Waals surface area contributed by atoms with Crippen LogP contribution < -0.4 is 14.8 Å². The molecule has 0 spiro atoms. The summed E-state index contributed by atoms with van der Waals surface area (Å²) >= 11 is 0. The maximum atomic E-state index is 5.63. The third-order valence-corrected chi connectivity index (χ3v) is 4.53. The van der Waals surface area contributed by atoms with Crippen LogP contribution in [0.25, 0.3) is 0 Å². The number of piperidine rings is 1. The summed E-state index contributed by atoms with van der Waals surface area (Å²) in [4.78, 5) is 0. The molecule has 1 aromatic carbocycles. The smallest absolute Gasteiger partial charge is 0.123 e. The van der Waals surface area contributed by atoms with Crippen molar-refractivity contribution in [3.05, 3.63) is 23.3 Å². The second-order valence-corrected chi connectivity index (χ2v) is 5.41. The largest absolute Gasteiger partial charge is 0.496 e. The normalized spacial score (nSPS) is 18.1. The Bertz CT molecular complexity index is 437. The zero-order chi connectivity index (χ0) is 13.9. The highest BCUT2D eigenvalue weighted by molar-refractivity contribution is 5.49. The zero-order valence-corrected chi connectivity index (χ0v) is 12.5. The van der Waals surface area contributed by atoms with Crippen LogP contribution in [0.15, 0.2) is 12.1 Å². The van der Waals surface area contributed by atoms with Crippen molar-refractivity contribution >= 4 is 0 Å². The van der Waals surface area contributed by atoms with E-state index in [0.717, 1.165) is 49.4 Å². The molecule has 0 aliphatic carbocycles. The van der Waals surface area contributed by atoms with Crippen LogP contribution in [0.3, 0.4) is 0 Å². The van der Waals surface area contributed by atoms with Crippen LogP contribution in [0.4, 0.5) is 0 Å². The number of aryl methyl sites for hydroxylation is 1. The van der Waals surface area contributed by atoms with Crippen molar-refractivity contribution in [2.45, 2.75) is 38.5 Å². The van der Waals surface area contributed by atoms with Gasteiger partial charge >= 0.3 is 0 Å². The zero-order valence-electron chi connectivity index (χ0n) is 12.5. The molecule has 19 heavy (non-hydrogen) atoms. The third-order valence-electron chi connectivity index (χ3n) is 4.53. The summed E-state index contributed by atoms with van der Waals surface area (Å²) in [6.07, 6.45) is 3.45. The molecule has 1 aliphatic heterocycles. The Labute approximate surface area is 116 Å². The van der Waals surface area contributed by atoms with E-state index in [0.29, 0.717) is 0 Å². The summed E-state index contributed by atoms with van der Waals surface area (Å²) in [6.45, 7) is 6.49. The molecule has 0 saturated carbocycles. The summed E-state index contributed by atoms with van der Waals surface area (Å²) in [5.41, 5.74) is 2.65. The second-order valence-electron chi connectivity index (χ2n) is 5.41. The van der Waals surface area contributed by atoms with Crippen LogP contribution in [-0.2, 0) is 5.41 Å². The number of nitrogens with one attached hydrogen (secondary N) is 1. The van der Waals surface area contributed by atoms with E-state index in [2.05, 4.69) is 31.3 Å².